The smallest absolute Gasteiger partial charge is 0.295 e. The molecule has 0 spiro atoms. The minimum atomic E-state index is -4.42. The van der Waals surface area contributed by atoms with E-state index in [1.807, 2.05) is 0 Å². The molecule has 0 radical (unpaired) electrons. The van der Waals surface area contributed by atoms with E-state index in [-0.39, 0.29) is 11.7 Å². The van der Waals surface area contributed by atoms with E-state index < -0.39 is 17.1 Å². The Bertz CT molecular complexity index is 780. The van der Waals surface area contributed by atoms with Gasteiger partial charge in [-0.3, -0.25) is 9.69 Å². The van der Waals surface area contributed by atoms with E-state index in [4.69, 9.17) is 23.2 Å². The van der Waals surface area contributed by atoms with Crippen molar-refractivity contribution in [1.29, 1.82) is 0 Å². The highest BCUT2D eigenvalue weighted by Gasteiger charge is 2.36. The average Bonchev–Trinajstić information content (AvgIpc) is 2.91. The monoisotopic (exact) mass is 391 g/mol. The Balaban J connectivity index is 1.98. The summed E-state index contributed by atoms with van der Waals surface area (Å²) in [5.41, 5.74) is 0.279. The normalized spacial score (nSPS) is 18.3. The number of anilines is 1. The summed E-state index contributed by atoms with van der Waals surface area (Å²) in [6.45, 7) is 0. The molecule has 0 saturated carbocycles. The highest BCUT2D eigenvalue weighted by atomic mass is 35.5. The lowest BCUT2D eigenvalue weighted by Gasteiger charge is -2.25. The number of benzene rings is 2. The van der Waals surface area contributed by atoms with Crippen LogP contribution < -0.4 is 4.90 Å². The van der Waals surface area contributed by atoms with Crippen LogP contribution in [-0.4, -0.2) is 11.7 Å². The number of nitrogens with zero attached hydrogens (tertiary/aromatic N) is 1. The van der Waals surface area contributed by atoms with Crippen molar-refractivity contribution in [2.75, 3.05) is 10.7 Å². The lowest BCUT2D eigenvalue weighted by molar-refractivity contribution is -0.137. The summed E-state index contributed by atoms with van der Waals surface area (Å²) in [7, 11) is 0. The third-order valence-corrected chi connectivity index (χ3v) is 5.62. The molecular weight excluding hydrogens is 382 g/mol. The fourth-order valence-corrected chi connectivity index (χ4v) is 4.14. The van der Waals surface area contributed by atoms with Gasteiger partial charge in [-0.15, -0.1) is 11.8 Å². The van der Waals surface area contributed by atoms with Crippen LogP contribution in [0.1, 0.15) is 16.5 Å². The Labute approximate surface area is 150 Å². The minimum absolute atomic E-state index is 0.194. The van der Waals surface area contributed by atoms with E-state index in [1.54, 1.807) is 18.2 Å². The molecule has 1 aliphatic heterocycles. The first-order valence-corrected chi connectivity index (χ1v) is 8.64. The summed E-state index contributed by atoms with van der Waals surface area (Å²) in [6, 6.07) is 9.61. The summed E-state index contributed by atoms with van der Waals surface area (Å²) in [5, 5.41) is 0.269. The molecule has 0 bridgehead atoms. The summed E-state index contributed by atoms with van der Waals surface area (Å²) in [6.07, 6.45) is -4.42. The Morgan fingerprint density at radius 2 is 1.75 bits per heavy atom. The molecule has 1 aliphatic rings. The molecule has 1 heterocycles. The summed E-state index contributed by atoms with van der Waals surface area (Å²) < 4.78 is 38.1. The van der Waals surface area contributed by atoms with E-state index in [0.717, 1.165) is 12.1 Å². The Morgan fingerprint density at radius 3 is 2.38 bits per heavy atom. The molecule has 1 amide bonds. The Hall–Kier alpha value is -1.37. The molecule has 1 atom stereocenters. The Kier molecular flexibility index (Phi) is 4.73. The van der Waals surface area contributed by atoms with Gasteiger partial charge in [0.1, 0.15) is 5.37 Å². The number of carbonyl (C=O) groups is 1. The predicted octanol–water partition coefficient (Wildman–Crippen LogP) is 5.79. The number of thioether (sulfide) groups is 1. The predicted molar refractivity (Wildman–Crippen MR) is 90.6 cm³/mol. The van der Waals surface area contributed by atoms with Crippen molar-refractivity contribution in [2.24, 2.45) is 0 Å². The molecule has 2 aromatic rings. The van der Waals surface area contributed by atoms with Gasteiger partial charge in [0.05, 0.1) is 21.4 Å². The second-order valence-electron chi connectivity index (χ2n) is 5.11. The van der Waals surface area contributed by atoms with Gasteiger partial charge < -0.3 is 0 Å². The maximum atomic E-state index is 12.7. The van der Waals surface area contributed by atoms with E-state index >= 15 is 0 Å². The van der Waals surface area contributed by atoms with E-state index in [2.05, 4.69) is 0 Å². The van der Waals surface area contributed by atoms with Crippen molar-refractivity contribution < 1.29 is 18.0 Å². The number of carbonyl (C=O) groups excluding carboxylic acids is 1. The van der Waals surface area contributed by atoms with Crippen LogP contribution in [0, 0.1) is 0 Å². The van der Waals surface area contributed by atoms with Gasteiger partial charge in [-0.2, -0.15) is 13.2 Å². The third-order valence-electron chi connectivity index (χ3n) is 3.59. The van der Waals surface area contributed by atoms with E-state index in [9.17, 15) is 18.0 Å². The van der Waals surface area contributed by atoms with Crippen molar-refractivity contribution >= 4 is 46.6 Å². The molecule has 3 rings (SSSR count). The van der Waals surface area contributed by atoms with Crippen molar-refractivity contribution in [3.8, 4) is 0 Å². The zero-order valence-electron chi connectivity index (χ0n) is 12.0. The third kappa shape index (κ3) is 3.23. The van der Waals surface area contributed by atoms with Gasteiger partial charge in [-0.05, 0) is 30.3 Å². The van der Waals surface area contributed by atoms with E-state index in [1.165, 1.54) is 28.8 Å². The fraction of sp³-hybridized carbons (Fsp3) is 0.188. The van der Waals surface area contributed by atoms with E-state index in [0.29, 0.717) is 21.3 Å². The first-order chi connectivity index (χ1) is 11.3. The van der Waals surface area contributed by atoms with Crippen molar-refractivity contribution in [2.45, 2.75) is 11.6 Å². The molecule has 2 nitrogen and oxygen atoms in total. The molecule has 1 saturated heterocycles. The first kappa shape index (κ1) is 17.5. The molecule has 0 aromatic heterocycles. The highest BCUT2D eigenvalue weighted by molar-refractivity contribution is 8.00. The van der Waals surface area contributed by atoms with Crippen LogP contribution >= 0.6 is 35.0 Å². The van der Waals surface area contributed by atoms with Gasteiger partial charge in [0, 0.05) is 11.3 Å². The summed E-state index contributed by atoms with van der Waals surface area (Å²) in [4.78, 5) is 13.7. The highest BCUT2D eigenvalue weighted by Crippen LogP contribution is 2.45. The molecule has 126 valence electrons. The van der Waals surface area contributed by atoms with Crippen LogP contribution in [-0.2, 0) is 11.0 Å². The number of halogens is 5. The zero-order chi connectivity index (χ0) is 17.5. The van der Waals surface area contributed by atoms with Crippen LogP contribution in [0.3, 0.4) is 0 Å². The number of amides is 1. The van der Waals surface area contributed by atoms with Gasteiger partial charge in [0.15, 0.2) is 0 Å². The lowest BCUT2D eigenvalue weighted by Crippen LogP contribution is -2.28. The quantitative estimate of drug-likeness (QED) is 0.645. The van der Waals surface area contributed by atoms with Gasteiger partial charge in [-0.25, -0.2) is 0 Å². The first-order valence-electron chi connectivity index (χ1n) is 6.84. The van der Waals surface area contributed by atoms with Gasteiger partial charge in [0.25, 0.3) is 0 Å². The Morgan fingerprint density at radius 1 is 1.08 bits per heavy atom. The lowest BCUT2D eigenvalue weighted by atomic mass is 10.1. The van der Waals surface area contributed by atoms with Crippen LogP contribution in [0.25, 0.3) is 0 Å². The molecule has 1 fully saturated rings. The number of hydrogen-bond acceptors (Lipinski definition) is 2. The van der Waals surface area contributed by atoms with Crippen LogP contribution in [0.5, 0.6) is 0 Å². The summed E-state index contributed by atoms with van der Waals surface area (Å²) in [5.74, 6) is 0.0231. The zero-order valence-corrected chi connectivity index (χ0v) is 14.3. The van der Waals surface area contributed by atoms with Gasteiger partial charge in [-0.1, -0.05) is 35.3 Å². The molecule has 0 unspecified atom stereocenters. The second kappa shape index (κ2) is 6.50. The topological polar surface area (TPSA) is 20.3 Å². The molecule has 24 heavy (non-hydrogen) atoms. The van der Waals surface area contributed by atoms with Crippen LogP contribution in [0.15, 0.2) is 42.5 Å². The molecule has 2 aromatic carbocycles. The maximum Gasteiger partial charge on any atom is 0.416 e. The van der Waals surface area contributed by atoms with Crippen molar-refractivity contribution in [3.05, 3.63) is 63.6 Å². The molecular formula is C16H10Cl2F3NOS. The SMILES string of the molecule is O=C1CS[C@H](c2cccc(Cl)c2Cl)N1c1ccc(C(F)(F)F)cc1. The number of hydrogen-bond donors (Lipinski definition) is 0. The average molecular weight is 392 g/mol. The van der Waals surface area contributed by atoms with Crippen LogP contribution in [0.4, 0.5) is 18.9 Å². The van der Waals surface area contributed by atoms with Crippen molar-refractivity contribution in [1.82, 2.24) is 0 Å². The summed E-state index contributed by atoms with van der Waals surface area (Å²) >= 11 is 13.6. The van der Waals surface area contributed by atoms with Crippen molar-refractivity contribution in [3.63, 3.8) is 0 Å². The maximum absolute atomic E-state index is 12.7. The minimum Gasteiger partial charge on any atom is -0.295 e. The fourth-order valence-electron chi connectivity index (χ4n) is 2.46. The number of rotatable bonds is 2. The molecule has 0 aliphatic carbocycles. The molecule has 0 N–H and O–H groups in total. The second-order valence-corrected chi connectivity index (χ2v) is 6.97. The van der Waals surface area contributed by atoms with Gasteiger partial charge in [0.2, 0.25) is 5.91 Å². The van der Waals surface area contributed by atoms with Gasteiger partial charge >= 0.3 is 6.18 Å². The number of alkyl halides is 3. The largest absolute Gasteiger partial charge is 0.416 e. The van der Waals surface area contributed by atoms with Crippen LogP contribution in [0.2, 0.25) is 10.0 Å². The molecule has 8 heteroatoms. The standard InChI is InChI=1S/C16H10Cl2F3NOS/c17-12-3-1-2-11(14(12)18)15-22(13(23)8-24-15)10-6-4-9(5-7-10)16(19,20)21/h1-7,15H,8H2/t15-/m1/s1.